The van der Waals surface area contributed by atoms with E-state index in [9.17, 15) is 18.0 Å². The Balaban J connectivity index is 1.48. The predicted octanol–water partition coefficient (Wildman–Crippen LogP) is 2.55. The third kappa shape index (κ3) is 4.33. The second-order valence-corrected chi connectivity index (χ2v) is 12.0. The van der Waals surface area contributed by atoms with Crippen LogP contribution in [-0.2, 0) is 21.4 Å². The zero-order valence-electron chi connectivity index (χ0n) is 18.9. The quantitative estimate of drug-likeness (QED) is 0.611. The minimum absolute atomic E-state index is 0.0485. The van der Waals surface area contributed by atoms with Gasteiger partial charge in [0.1, 0.15) is 6.54 Å². The number of hydrogen-bond acceptors (Lipinski definition) is 4. The molecule has 5 rings (SSSR count). The van der Waals surface area contributed by atoms with E-state index < -0.39 is 10.0 Å². The summed E-state index contributed by atoms with van der Waals surface area (Å²) in [6.07, 6.45) is 9.04. The predicted molar refractivity (Wildman–Crippen MR) is 119 cm³/mol. The summed E-state index contributed by atoms with van der Waals surface area (Å²) < 4.78 is 28.2. The molecule has 0 spiro atoms. The highest BCUT2D eigenvalue weighted by Gasteiger charge is 2.51. The van der Waals surface area contributed by atoms with Crippen LogP contribution < -0.4 is 5.56 Å². The number of carbonyl (C=O) groups excluding carboxylic acids is 1. The topological polar surface area (TPSA) is 79.7 Å². The third-order valence-corrected chi connectivity index (χ3v) is 9.80. The summed E-state index contributed by atoms with van der Waals surface area (Å²) >= 11 is 0. The smallest absolute Gasteiger partial charge is 0.251 e. The van der Waals surface area contributed by atoms with Crippen LogP contribution >= 0.6 is 0 Å². The van der Waals surface area contributed by atoms with Crippen molar-refractivity contribution < 1.29 is 13.2 Å². The number of hydrogen-bond donors (Lipinski definition) is 0. The molecular formula is C23H35N3O4S. The molecule has 0 saturated heterocycles. The molecule has 1 aromatic heterocycles. The Morgan fingerprint density at radius 2 is 1.61 bits per heavy atom. The summed E-state index contributed by atoms with van der Waals surface area (Å²) in [7, 11) is -1.86. The Morgan fingerprint density at radius 3 is 2.13 bits per heavy atom. The normalized spacial score (nSPS) is 29.5. The molecule has 0 radical (unpaired) electrons. The zero-order valence-corrected chi connectivity index (χ0v) is 19.7. The summed E-state index contributed by atoms with van der Waals surface area (Å²) in [4.78, 5) is 27.2. The molecule has 31 heavy (non-hydrogen) atoms. The van der Waals surface area contributed by atoms with Crippen molar-refractivity contribution in [2.75, 3.05) is 26.7 Å². The van der Waals surface area contributed by atoms with Crippen LogP contribution in [0.15, 0.2) is 28.0 Å². The molecule has 8 heteroatoms. The number of nitrogens with zero attached hydrogens (tertiary/aromatic N) is 3. The largest absolute Gasteiger partial charge is 0.344 e. The average molecular weight is 450 g/mol. The zero-order chi connectivity index (χ0) is 22.4. The maximum Gasteiger partial charge on any atom is 0.251 e. The standard InChI is InChI=1S/C23H35N3O4S/c1-4-26(5-2)31(29,30)20-6-7-21(27)25(14-20)15-22(28)24(3)16-23-11-17-8-18(12-23)10-19(9-17)13-23/h6-7,14,17-19H,4-5,8-13,15-16H2,1-3H3. The second-order valence-electron chi connectivity index (χ2n) is 10.1. The molecule has 4 aliphatic rings. The first-order valence-corrected chi connectivity index (χ1v) is 13.0. The molecule has 7 nitrogen and oxygen atoms in total. The van der Waals surface area contributed by atoms with Gasteiger partial charge in [-0.05, 0) is 67.8 Å². The highest BCUT2D eigenvalue weighted by atomic mass is 32.2. The fraction of sp³-hybridized carbons (Fsp3) is 0.739. The van der Waals surface area contributed by atoms with Gasteiger partial charge in [-0.1, -0.05) is 13.8 Å². The average Bonchev–Trinajstić information content (AvgIpc) is 2.68. The summed E-state index contributed by atoms with van der Waals surface area (Å²) in [6, 6.07) is 2.57. The van der Waals surface area contributed by atoms with Crippen molar-refractivity contribution in [3.05, 3.63) is 28.7 Å². The van der Waals surface area contributed by atoms with Crippen molar-refractivity contribution in [3.63, 3.8) is 0 Å². The van der Waals surface area contributed by atoms with Gasteiger partial charge >= 0.3 is 0 Å². The van der Waals surface area contributed by atoms with E-state index in [1.54, 1.807) is 18.7 Å². The van der Waals surface area contributed by atoms with E-state index in [0.29, 0.717) is 13.1 Å². The molecule has 0 aliphatic heterocycles. The minimum atomic E-state index is -3.68. The number of amides is 1. The van der Waals surface area contributed by atoms with Crippen LogP contribution in [0.3, 0.4) is 0 Å². The van der Waals surface area contributed by atoms with Crippen LogP contribution in [-0.4, -0.2) is 54.8 Å². The van der Waals surface area contributed by atoms with Crippen molar-refractivity contribution in [1.82, 2.24) is 13.8 Å². The summed E-state index contributed by atoms with van der Waals surface area (Å²) in [5, 5.41) is 0. The Hall–Kier alpha value is -1.67. The molecule has 172 valence electrons. The van der Waals surface area contributed by atoms with E-state index in [1.807, 2.05) is 7.05 Å². The van der Waals surface area contributed by atoms with E-state index in [0.717, 1.165) is 24.3 Å². The van der Waals surface area contributed by atoms with E-state index in [2.05, 4.69) is 0 Å². The van der Waals surface area contributed by atoms with Gasteiger partial charge in [0.05, 0.1) is 4.90 Å². The molecule has 4 aliphatic carbocycles. The van der Waals surface area contributed by atoms with Crippen LogP contribution in [0.25, 0.3) is 0 Å². The first-order valence-electron chi connectivity index (χ1n) is 11.6. The first-order chi connectivity index (χ1) is 14.7. The molecule has 1 aromatic rings. The highest BCUT2D eigenvalue weighted by Crippen LogP contribution is 2.60. The van der Waals surface area contributed by atoms with Gasteiger partial charge in [-0.25, -0.2) is 8.42 Å². The molecule has 1 heterocycles. The van der Waals surface area contributed by atoms with Crippen LogP contribution in [0.1, 0.15) is 52.4 Å². The lowest BCUT2D eigenvalue weighted by atomic mass is 9.49. The van der Waals surface area contributed by atoms with Gasteiger partial charge in [-0.2, -0.15) is 4.31 Å². The van der Waals surface area contributed by atoms with E-state index in [-0.39, 0.29) is 28.3 Å². The maximum atomic E-state index is 13.0. The van der Waals surface area contributed by atoms with E-state index in [4.69, 9.17) is 0 Å². The molecule has 0 atom stereocenters. The van der Waals surface area contributed by atoms with Crippen LogP contribution in [0.4, 0.5) is 0 Å². The second kappa shape index (κ2) is 8.35. The number of likely N-dealkylation sites (N-methyl/N-ethyl adjacent to an activating group) is 1. The van der Waals surface area contributed by atoms with Gasteiger partial charge in [0.15, 0.2) is 0 Å². The minimum Gasteiger partial charge on any atom is -0.344 e. The van der Waals surface area contributed by atoms with Crippen molar-refractivity contribution in [2.24, 2.45) is 23.2 Å². The van der Waals surface area contributed by atoms with Crippen molar-refractivity contribution in [2.45, 2.75) is 63.8 Å². The monoisotopic (exact) mass is 449 g/mol. The SMILES string of the molecule is CCN(CC)S(=O)(=O)c1ccc(=O)n(CC(=O)N(C)CC23CC4CC(CC(C4)C2)C3)c1. The Labute approximate surface area is 185 Å². The van der Waals surface area contributed by atoms with Crippen molar-refractivity contribution in [3.8, 4) is 0 Å². The van der Waals surface area contributed by atoms with Gasteiger partial charge in [0, 0.05) is 38.9 Å². The first kappa shape index (κ1) is 22.5. The summed E-state index contributed by atoms with van der Waals surface area (Å²) in [5.74, 6) is 2.31. The fourth-order valence-electron chi connectivity index (χ4n) is 6.84. The molecule has 4 bridgehead atoms. The number of aromatic nitrogens is 1. The Morgan fingerprint density at radius 1 is 1.06 bits per heavy atom. The van der Waals surface area contributed by atoms with Gasteiger partial charge < -0.3 is 9.47 Å². The van der Waals surface area contributed by atoms with Crippen molar-refractivity contribution >= 4 is 15.9 Å². The summed E-state index contributed by atoms with van der Waals surface area (Å²) in [5.41, 5.74) is -0.132. The van der Waals surface area contributed by atoms with Gasteiger partial charge in [0.25, 0.3) is 5.56 Å². The van der Waals surface area contributed by atoms with Crippen LogP contribution in [0.5, 0.6) is 0 Å². The molecule has 0 N–H and O–H groups in total. The molecular weight excluding hydrogens is 414 g/mol. The molecule has 4 saturated carbocycles. The number of pyridine rings is 1. The molecule has 0 unspecified atom stereocenters. The number of rotatable bonds is 8. The molecule has 0 aromatic carbocycles. The maximum absolute atomic E-state index is 13.0. The number of carbonyl (C=O) groups is 1. The Bertz CT molecular complexity index is 961. The lowest BCUT2D eigenvalue weighted by Crippen LogP contribution is -2.51. The van der Waals surface area contributed by atoms with Crippen LogP contribution in [0.2, 0.25) is 0 Å². The van der Waals surface area contributed by atoms with Gasteiger partial charge in [-0.15, -0.1) is 0 Å². The molecule has 4 fully saturated rings. The molecule has 1 amide bonds. The lowest BCUT2D eigenvalue weighted by molar-refractivity contribution is -0.136. The van der Waals surface area contributed by atoms with E-state index >= 15 is 0 Å². The Kier molecular flexibility index (Phi) is 6.07. The van der Waals surface area contributed by atoms with Crippen molar-refractivity contribution in [1.29, 1.82) is 0 Å². The van der Waals surface area contributed by atoms with Gasteiger partial charge in [-0.3, -0.25) is 9.59 Å². The third-order valence-electron chi connectivity index (χ3n) is 7.77. The highest BCUT2D eigenvalue weighted by molar-refractivity contribution is 7.89. The number of sulfonamides is 1. The van der Waals surface area contributed by atoms with E-state index in [1.165, 1.54) is 65.7 Å². The van der Waals surface area contributed by atoms with Gasteiger partial charge in [0.2, 0.25) is 15.9 Å². The van der Waals surface area contributed by atoms with Crippen LogP contribution in [0, 0.1) is 23.2 Å². The summed E-state index contributed by atoms with van der Waals surface area (Å²) in [6.45, 7) is 4.86. The fourth-order valence-corrected chi connectivity index (χ4v) is 8.32. The lowest BCUT2D eigenvalue weighted by Gasteiger charge is -2.57.